The summed E-state index contributed by atoms with van der Waals surface area (Å²) >= 11 is 0. The Kier molecular flexibility index (Phi) is 6.27. The zero-order chi connectivity index (χ0) is 14.7. The van der Waals surface area contributed by atoms with Crippen LogP contribution < -0.4 is 5.32 Å². The summed E-state index contributed by atoms with van der Waals surface area (Å²) in [6, 6.07) is 9.04. The van der Waals surface area contributed by atoms with Crippen molar-refractivity contribution in [3.05, 3.63) is 35.4 Å². The van der Waals surface area contributed by atoms with Crippen LogP contribution in [-0.4, -0.2) is 37.0 Å². The van der Waals surface area contributed by atoms with Gasteiger partial charge in [0.2, 0.25) is 5.91 Å². The van der Waals surface area contributed by atoms with Gasteiger partial charge in [0.25, 0.3) is 0 Å². The van der Waals surface area contributed by atoms with Crippen molar-refractivity contribution in [2.75, 3.05) is 20.1 Å². The minimum atomic E-state index is 0. The van der Waals surface area contributed by atoms with Crippen LogP contribution in [0.15, 0.2) is 24.3 Å². The monoisotopic (exact) mass is 322 g/mol. The highest BCUT2D eigenvalue weighted by molar-refractivity contribution is 5.85. The van der Waals surface area contributed by atoms with Gasteiger partial charge in [-0.2, -0.15) is 0 Å². The second-order valence-corrected chi connectivity index (χ2v) is 6.57. The van der Waals surface area contributed by atoms with Gasteiger partial charge in [0.05, 0.1) is 0 Å². The van der Waals surface area contributed by atoms with Crippen LogP contribution in [0.3, 0.4) is 0 Å². The Morgan fingerprint density at radius 2 is 2.05 bits per heavy atom. The largest absolute Gasteiger partial charge is 0.342 e. The van der Waals surface area contributed by atoms with E-state index >= 15 is 0 Å². The van der Waals surface area contributed by atoms with Gasteiger partial charge in [-0.1, -0.05) is 24.3 Å². The second-order valence-electron chi connectivity index (χ2n) is 6.57. The van der Waals surface area contributed by atoms with Crippen LogP contribution in [0.1, 0.15) is 36.8 Å². The molecule has 2 atom stereocenters. The van der Waals surface area contributed by atoms with Crippen molar-refractivity contribution in [1.82, 2.24) is 10.2 Å². The van der Waals surface area contributed by atoms with E-state index in [-0.39, 0.29) is 12.4 Å². The van der Waals surface area contributed by atoms with Crippen molar-refractivity contribution >= 4 is 18.3 Å². The first-order valence-corrected chi connectivity index (χ1v) is 8.27. The lowest BCUT2D eigenvalue weighted by molar-refractivity contribution is -0.132. The van der Waals surface area contributed by atoms with Crippen LogP contribution in [0.4, 0.5) is 0 Å². The number of likely N-dealkylation sites (N-methyl/N-ethyl adjacent to an activating group) is 1. The number of aryl methyl sites for hydroxylation is 1. The number of hydrogen-bond acceptors (Lipinski definition) is 2. The number of halogens is 1. The molecule has 4 heteroatoms. The first-order valence-electron chi connectivity index (χ1n) is 8.27. The van der Waals surface area contributed by atoms with Crippen molar-refractivity contribution in [3.8, 4) is 0 Å². The Balaban J connectivity index is 0.00000176. The standard InChI is InChI=1S/C18H26N2O.ClH/c1-20(18(21)9-6-14-10-11-19-13-14)17-8-7-15-4-2-3-5-16(15)12-17;/h2-5,14,17,19H,6-13H2,1H3;1H. The molecule has 3 rings (SSSR count). The first kappa shape index (κ1) is 17.3. The highest BCUT2D eigenvalue weighted by Gasteiger charge is 2.25. The molecule has 1 aromatic rings. The average molecular weight is 323 g/mol. The SMILES string of the molecule is CN(C(=O)CCC1CCNC1)C1CCc2ccccc2C1.Cl. The normalized spacial score (nSPS) is 23.5. The van der Waals surface area contributed by atoms with E-state index in [0.29, 0.717) is 24.3 Å². The number of amides is 1. The number of hydrogen-bond donors (Lipinski definition) is 1. The first-order chi connectivity index (χ1) is 10.2. The number of carbonyl (C=O) groups excluding carboxylic acids is 1. The van der Waals surface area contributed by atoms with Gasteiger partial charge in [0, 0.05) is 19.5 Å². The number of fused-ring (bicyclic) bond motifs is 1. The highest BCUT2D eigenvalue weighted by atomic mass is 35.5. The molecule has 0 bridgehead atoms. The Morgan fingerprint density at radius 3 is 2.77 bits per heavy atom. The summed E-state index contributed by atoms with van der Waals surface area (Å²) < 4.78 is 0. The lowest BCUT2D eigenvalue weighted by atomic mass is 9.87. The fourth-order valence-electron chi connectivity index (χ4n) is 3.68. The van der Waals surface area contributed by atoms with Gasteiger partial charge in [-0.3, -0.25) is 4.79 Å². The minimum Gasteiger partial charge on any atom is -0.342 e. The van der Waals surface area contributed by atoms with Crippen LogP contribution in [0.2, 0.25) is 0 Å². The predicted octanol–water partition coefficient (Wildman–Crippen LogP) is 2.81. The number of carbonyl (C=O) groups is 1. The van der Waals surface area contributed by atoms with Crippen molar-refractivity contribution < 1.29 is 4.79 Å². The van der Waals surface area contributed by atoms with E-state index < -0.39 is 0 Å². The number of benzene rings is 1. The maximum atomic E-state index is 12.4. The van der Waals surface area contributed by atoms with Gasteiger partial charge in [-0.15, -0.1) is 12.4 Å². The van der Waals surface area contributed by atoms with Crippen LogP contribution >= 0.6 is 12.4 Å². The molecule has 0 spiro atoms. The maximum absolute atomic E-state index is 12.4. The molecule has 1 aliphatic carbocycles. The Hall–Kier alpha value is -1.06. The molecule has 2 aliphatic rings. The van der Waals surface area contributed by atoms with Crippen LogP contribution in [0.25, 0.3) is 0 Å². The number of nitrogens with one attached hydrogen (secondary N) is 1. The quantitative estimate of drug-likeness (QED) is 0.924. The fraction of sp³-hybridized carbons (Fsp3) is 0.611. The Bertz CT molecular complexity index is 500. The van der Waals surface area contributed by atoms with Crippen molar-refractivity contribution in [3.63, 3.8) is 0 Å². The smallest absolute Gasteiger partial charge is 0.222 e. The molecule has 22 heavy (non-hydrogen) atoms. The van der Waals surface area contributed by atoms with Crippen LogP contribution in [0, 0.1) is 5.92 Å². The van der Waals surface area contributed by atoms with Gasteiger partial charge in [-0.05, 0) is 62.2 Å². The molecule has 122 valence electrons. The van der Waals surface area contributed by atoms with E-state index in [1.165, 1.54) is 17.5 Å². The van der Waals surface area contributed by atoms with Crippen molar-refractivity contribution in [2.45, 2.75) is 44.6 Å². The van der Waals surface area contributed by atoms with E-state index in [9.17, 15) is 4.79 Å². The van der Waals surface area contributed by atoms with Crippen LogP contribution in [0.5, 0.6) is 0 Å². The molecule has 1 heterocycles. The maximum Gasteiger partial charge on any atom is 0.222 e. The molecule has 1 fully saturated rings. The zero-order valence-electron chi connectivity index (χ0n) is 13.4. The van der Waals surface area contributed by atoms with Crippen molar-refractivity contribution in [1.29, 1.82) is 0 Å². The molecule has 1 saturated heterocycles. The van der Waals surface area contributed by atoms with Gasteiger partial charge in [0.1, 0.15) is 0 Å². The van der Waals surface area contributed by atoms with Crippen molar-refractivity contribution in [2.24, 2.45) is 5.92 Å². The van der Waals surface area contributed by atoms with Gasteiger partial charge >= 0.3 is 0 Å². The zero-order valence-corrected chi connectivity index (χ0v) is 14.2. The highest BCUT2D eigenvalue weighted by Crippen LogP contribution is 2.24. The second kappa shape index (κ2) is 7.98. The third-order valence-electron chi connectivity index (χ3n) is 5.19. The molecule has 3 nitrogen and oxygen atoms in total. The Labute approximate surface area is 139 Å². The van der Waals surface area contributed by atoms with E-state index in [1.807, 2.05) is 11.9 Å². The molecule has 1 N–H and O–H groups in total. The van der Waals surface area contributed by atoms with Gasteiger partial charge in [0.15, 0.2) is 0 Å². The third-order valence-corrected chi connectivity index (χ3v) is 5.19. The number of rotatable bonds is 4. The van der Waals surface area contributed by atoms with E-state index in [2.05, 4.69) is 29.6 Å². The predicted molar refractivity (Wildman–Crippen MR) is 92.5 cm³/mol. The fourth-order valence-corrected chi connectivity index (χ4v) is 3.68. The topological polar surface area (TPSA) is 32.3 Å². The molecule has 0 aromatic heterocycles. The summed E-state index contributed by atoms with van der Waals surface area (Å²) in [5, 5.41) is 3.37. The summed E-state index contributed by atoms with van der Waals surface area (Å²) in [5.74, 6) is 1.03. The molecule has 2 unspecified atom stereocenters. The average Bonchev–Trinajstić information content (AvgIpc) is 3.05. The summed E-state index contributed by atoms with van der Waals surface area (Å²) in [7, 11) is 1.99. The summed E-state index contributed by atoms with van der Waals surface area (Å²) in [6.45, 7) is 2.21. The molecule has 0 radical (unpaired) electrons. The lowest BCUT2D eigenvalue weighted by Gasteiger charge is -2.32. The van der Waals surface area contributed by atoms with E-state index in [4.69, 9.17) is 0 Å². The minimum absolute atomic E-state index is 0. The molecule has 1 aliphatic heterocycles. The number of nitrogens with zero attached hydrogens (tertiary/aromatic N) is 1. The summed E-state index contributed by atoms with van der Waals surface area (Å²) in [4.78, 5) is 14.4. The van der Waals surface area contributed by atoms with Gasteiger partial charge < -0.3 is 10.2 Å². The molecule has 0 saturated carbocycles. The van der Waals surface area contributed by atoms with E-state index in [1.54, 1.807) is 0 Å². The molecule has 1 aromatic carbocycles. The van der Waals surface area contributed by atoms with E-state index in [0.717, 1.165) is 38.8 Å². The Morgan fingerprint density at radius 1 is 1.27 bits per heavy atom. The lowest BCUT2D eigenvalue weighted by Crippen LogP contribution is -2.40. The molecule has 1 amide bonds. The van der Waals surface area contributed by atoms with Gasteiger partial charge in [-0.25, -0.2) is 0 Å². The summed E-state index contributed by atoms with van der Waals surface area (Å²) in [5.41, 5.74) is 2.89. The molecular weight excluding hydrogens is 296 g/mol. The molecular formula is C18H27ClN2O. The summed E-state index contributed by atoms with van der Waals surface area (Å²) in [6.07, 6.45) is 6.20. The van der Waals surface area contributed by atoms with Crippen LogP contribution in [-0.2, 0) is 17.6 Å². The third kappa shape index (κ3) is 4.02.